The molecule has 0 unspecified atom stereocenters. The van der Waals surface area contributed by atoms with Crippen molar-refractivity contribution in [1.82, 2.24) is 10.3 Å². The van der Waals surface area contributed by atoms with E-state index in [2.05, 4.69) is 15.6 Å². The molecule has 25 heavy (non-hydrogen) atoms. The molecular weight excluding hydrogens is 320 g/mol. The number of nitrogens with two attached hydrogens (primary N) is 1. The summed E-state index contributed by atoms with van der Waals surface area (Å²) in [6, 6.07) is 9.73. The Morgan fingerprint density at radius 1 is 1.24 bits per heavy atom. The number of amides is 3. The minimum atomic E-state index is -0.683. The second-order valence-electron chi connectivity index (χ2n) is 5.46. The van der Waals surface area contributed by atoms with Crippen LogP contribution in [0.1, 0.15) is 30.5 Å². The number of urea groups is 1. The molecule has 3 amide bonds. The largest absolute Gasteiger partial charge is 0.476 e. The number of hydrogen-bond donors (Lipinski definition) is 3. The van der Waals surface area contributed by atoms with Crippen LogP contribution in [-0.2, 0) is 4.79 Å². The highest BCUT2D eigenvalue weighted by Gasteiger charge is 2.20. The number of aryl methyl sites for hydroxylation is 1. The lowest BCUT2D eigenvalue weighted by molar-refractivity contribution is -0.116. The zero-order valence-electron chi connectivity index (χ0n) is 14.3. The molecular formula is C18H22N4O3. The van der Waals surface area contributed by atoms with Gasteiger partial charge in [0.1, 0.15) is 5.69 Å². The third-order valence-corrected chi connectivity index (χ3v) is 3.60. The van der Waals surface area contributed by atoms with Crippen molar-refractivity contribution in [3.05, 3.63) is 53.7 Å². The van der Waals surface area contributed by atoms with Crippen LogP contribution in [0, 0.1) is 6.92 Å². The number of carbonyl (C=O) groups is 2. The Labute approximate surface area is 146 Å². The molecule has 0 fully saturated rings. The van der Waals surface area contributed by atoms with E-state index in [0.29, 0.717) is 18.2 Å². The highest BCUT2D eigenvalue weighted by molar-refractivity contribution is 5.92. The van der Waals surface area contributed by atoms with Crippen molar-refractivity contribution in [2.75, 3.05) is 11.9 Å². The number of pyridine rings is 1. The Kier molecular flexibility index (Phi) is 6.33. The summed E-state index contributed by atoms with van der Waals surface area (Å²) in [5, 5.41) is 5.39. The number of hydrogen-bond acceptors (Lipinski definition) is 4. The zero-order valence-corrected chi connectivity index (χ0v) is 14.3. The first kappa shape index (κ1) is 18.3. The maximum Gasteiger partial charge on any atom is 0.312 e. The van der Waals surface area contributed by atoms with Gasteiger partial charge in [-0.1, -0.05) is 24.3 Å². The molecule has 0 aliphatic heterocycles. The van der Waals surface area contributed by atoms with Crippen molar-refractivity contribution in [2.45, 2.75) is 26.3 Å². The van der Waals surface area contributed by atoms with Gasteiger partial charge in [0, 0.05) is 6.20 Å². The molecule has 0 radical (unpaired) electrons. The Bertz CT molecular complexity index is 749. The predicted molar refractivity (Wildman–Crippen MR) is 95.3 cm³/mol. The molecule has 0 spiro atoms. The SMILES string of the molecule is CCOc1ncccc1NC(=O)C[C@@H](NC(N)=O)c1ccccc1C. The lowest BCUT2D eigenvalue weighted by Crippen LogP contribution is -2.35. The minimum absolute atomic E-state index is 0.0360. The molecule has 0 aliphatic carbocycles. The summed E-state index contributed by atoms with van der Waals surface area (Å²) < 4.78 is 5.40. The van der Waals surface area contributed by atoms with E-state index in [1.807, 2.05) is 38.1 Å². The van der Waals surface area contributed by atoms with E-state index in [0.717, 1.165) is 11.1 Å². The Morgan fingerprint density at radius 2 is 2.00 bits per heavy atom. The van der Waals surface area contributed by atoms with Crippen molar-refractivity contribution in [3.63, 3.8) is 0 Å². The van der Waals surface area contributed by atoms with E-state index in [1.165, 1.54) is 0 Å². The molecule has 1 atom stereocenters. The molecule has 0 aliphatic rings. The molecule has 7 nitrogen and oxygen atoms in total. The van der Waals surface area contributed by atoms with Crippen LogP contribution in [-0.4, -0.2) is 23.5 Å². The van der Waals surface area contributed by atoms with Gasteiger partial charge in [0.15, 0.2) is 0 Å². The Balaban J connectivity index is 2.15. The first-order chi connectivity index (χ1) is 12.0. The smallest absolute Gasteiger partial charge is 0.312 e. The Morgan fingerprint density at radius 3 is 2.68 bits per heavy atom. The fourth-order valence-electron chi connectivity index (χ4n) is 2.51. The summed E-state index contributed by atoms with van der Waals surface area (Å²) in [4.78, 5) is 27.9. The third kappa shape index (κ3) is 5.20. The van der Waals surface area contributed by atoms with Crippen molar-refractivity contribution >= 4 is 17.6 Å². The quantitative estimate of drug-likeness (QED) is 0.719. The van der Waals surface area contributed by atoms with E-state index in [4.69, 9.17) is 10.5 Å². The topological polar surface area (TPSA) is 106 Å². The van der Waals surface area contributed by atoms with Gasteiger partial charge in [-0.05, 0) is 37.1 Å². The van der Waals surface area contributed by atoms with Crippen LogP contribution in [0.25, 0.3) is 0 Å². The monoisotopic (exact) mass is 342 g/mol. The summed E-state index contributed by atoms with van der Waals surface area (Å²) in [5.41, 5.74) is 7.55. The molecule has 2 aromatic rings. The van der Waals surface area contributed by atoms with Gasteiger partial charge in [0.05, 0.1) is 19.1 Å². The molecule has 1 aromatic heterocycles. The van der Waals surface area contributed by atoms with Crippen molar-refractivity contribution < 1.29 is 14.3 Å². The average Bonchev–Trinajstić information content (AvgIpc) is 2.56. The van der Waals surface area contributed by atoms with Crippen molar-refractivity contribution in [1.29, 1.82) is 0 Å². The molecule has 1 heterocycles. The number of nitrogens with one attached hydrogen (secondary N) is 2. The molecule has 132 valence electrons. The summed E-state index contributed by atoms with van der Waals surface area (Å²) in [6.07, 6.45) is 1.62. The Hall–Kier alpha value is -3.09. The molecule has 7 heteroatoms. The van der Waals surface area contributed by atoms with Gasteiger partial charge >= 0.3 is 6.03 Å². The van der Waals surface area contributed by atoms with Gasteiger partial charge in [-0.25, -0.2) is 9.78 Å². The summed E-state index contributed by atoms with van der Waals surface area (Å²) in [7, 11) is 0. The minimum Gasteiger partial charge on any atom is -0.476 e. The van der Waals surface area contributed by atoms with Crippen LogP contribution >= 0.6 is 0 Å². The van der Waals surface area contributed by atoms with Crippen LogP contribution in [0.4, 0.5) is 10.5 Å². The third-order valence-electron chi connectivity index (χ3n) is 3.60. The van der Waals surface area contributed by atoms with Crippen LogP contribution in [0.3, 0.4) is 0 Å². The molecule has 4 N–H and O–H groups in total. The van der Waals surface area contributed by atoms with E-state index in [1.54, 1.807) is 18.3 Å². The van der Waals surface area contributed by atoms with Gasteiger partial charge in [0.2, 0.25) is 11.8 Å². The fraction of sp³-hybridized carbons (Fsp3) is 0.278. The second kappa shape index (κ2) is 8.68. The lowest BCUT2D eigenvalue weighted by atomic mass is 9.98. The van der Waals surface area contributed by atoms with E-state index < -0.39 is 12.1 Å². The molecule has 0 bridgehead atoms. The standard InChI is InChI=1S/C18H22N4O3/c1-3-25-17-14(9-6-10-20-17)21-16(23)11-15(22-18(19)24)13-8-5-4-7-12(13)2/h4-10,15H,3,11H2,1-2H3,(H,21,23)(H3,19,22,24)/t15-/m1/s1. The van der Waals surface area contributed by atoms with Crippen LogP contribution in [0.2, 0.25) is 0 Å². The predicted octanol–water partition coefficient (Wildman–Crippen LogP) is 2.53. The molecule has 1 aromatic carbocycles. The van der Waals surface area contributed by atoms with Gasteiger partial charge in [0.25, 0.3) is 0 Å². The first-order valence-electron chi connectivity index (χ1n) is 8.00. The van der Waals surface area contributed by atoms with Crippen LogP contribution < -0.4 is 21.1 Å². The first-order valence-corrected chi connectivity index (χ1v) is 8.00. The fourth-order valence-corrected chi connectivity index (χ4v) is 2.51. The molecule has 0 saturated heterocycles. The van der Waals surface area contributed by atoms with Gasteiger partial charge in [-0.2, -0.15) is 0 Å². The zero-order chi connectivity index (χ0) is 18.2. The molecule has 2 rings (SSSR count). The number of nitrogens with zero attached hydrogens (tertiary/aromatic N) is 1. The lowest BCUT2D eigenvalue weighted by Gasteiger charge is -2.20. The van der Waals surface area contributed by atoms with Crippen LogP contribution in [0.15, 0.2) is 42.6 Å². The van der Waals surface area contributed by atoms with Crippen LogP contribution in [0.5, 0.6) is 5.88 Å². The number of ether oxygens (including phenoxy) is 1. The highest BCUT2D eigenvalue weighted by Crippen LogP contribution is 2.24. The van der Waals surface area contributed by atoms with Crippen molar-refractivity contribution in [2.24, 2.45) is 5.73 Å². The normalized spacial score (nSPS) is 11.4. The second-order valence-corrected chi connectivity index (χ2v) is 5.46. The maximum atomic E-state index is 12.5. The summed E-state index contributed by atoms with van der Waals surface area (Å²) in [5.74, 6) is 0.0737. The number of anilines is 1. The number of benzene rings is 1. The van der Waals surface area contributed by atoms with E-state index in [-0.39, 0.29) is 12.3 Å². The number of aromatic nitrogens is 1. The average molecular weight is 342 g/mol. The van der Waals surface area contributed by atoms with E-state index >= 15 is 0 Å². The number of carbonyl (C=O) groups excluding carboxylic acids is 2. The number of rotatable bonds is 7. The summed E-state index contributed by atoms with van der Waals surface area (Å²) >= 11 is 0. The van der Waals surface area contributed by atoms with Gasteiger partial charge in [-0.15, -0.1) is 0 Å². The molecule has 0 saturated carbocycles. The van der Waals surface area contributed by atoms with Gasteiger partial charge < -0.3 is 21.1 Å². The number of primary amides is 1. The highest BCUT2D eigenvalue weighted by atomic mass is 16.5. The maximum absolute atomic E-state index is 12.5. The van der Waals surface area contributed by atoms with Gasteiger partial charge in [-0.3, -0.25) is 4.79 Å². The summed E-state index contributed by atoms with van der Waals surface area (Å²) in [6.45, 7) is 4.19. The van der Waals surface area contributed by atoms with E-state index in [9.17, 15) is 9.59 Å². The van der Waals surface area contributed by atoms with Crippen molar-refractivity contribution in [3.8, 4) is 5.88 Å².